The zero-order chi connectivity index (χ0) is 10.3. The van der Waals surface area contributed by atoms with Gasteiger partial charge in [0.25, 0.3) is 0 Å². The smallest absolute Gasteiger partial charge is 0.227 e. The van der Waals surface area contributed by atoms with E-state index < -0.39 is 0 Å². The molecule has 0 unspecified atom stereocenters. The lowest BCUT2D eigenvalue weighted by Crippen LogP contribution is -2.25. The summed E-state index contributed by atoms with van der Waals surface area (Å²) in [5.74, 6) is 2.58. The van der Waals surface area contributed by atoms with E-state index in [9.17, 15) is 0 Å². The van der Waals surface area contributed by atoms with Gasteiger partial charge in [0.1, 0.15) is 6.33 Å². The summed E-state index contributed by atoms with van der Waals surface area (Å²) < 4.78 is 0. The van der Waals surface area contributed by atoms with E-state index >= 15 is 0 Å². The van der Waals surface area contributed by atoms with Gasteiger partial charge in [0.05, 0.1) is 0 Å². The third kappa shape index (κ3) is 2.00. The maximum atomic E-state index is 5.52. The monoisotopic (exact) mass is 205 g/mol. The lowest BCUT2D eigenvalue weighted by atomic mass is 10.1. The van der Waals surface area contributed by atoms with Gasteiger partial charge in [-0.15, -0.1) is 0 Å². The van der Waals surface area contributed by atoms with Crippen molar-refractivity contribution in [2.75, 3.05) is 11.1 Å². The second-order valence-electron chi connectivity index (χ2n) is 4.51. The van der Waals surface area contributed by atoms with Gasteiger partial charge >= 0.3 is 0 Å². The summed E-state index contributed by atoms with van der Waals surface area (Å²) in [7, 11) is 0. The average molecular weight is 205 g/mol. The van der Waals surface area contributed by atoms with Gasteiger partial charge in [-0.1, -0.05) is 0 Å². The lowest BCUT2D eigenvalue weighted by Gasteiger charge is -2.17. The molecule has 0 bridgehead atoms. The van der Waals surface area contributed by atoms with Crippen LogP contribution in [0.4, 0.5) is 11.9 Å². The van der Waals surface area contributed by atoms with E-state index in [1.807, 2.05) is 0 Å². The number of rotatable bonds is 4. The maximum Gasteiger partial charge on any atom is 0.227 e. The molecule has 0 atom stereocenters. The van der Waals surface area contributed by atoms with E-state index in [2.05, 4.69) is 20.3 Å². The van der Waals surface area contributed by atoms with Crippen molar-refractivity contribution in [3.63, 3.8) is 0 Å². The van der Waals surface area contributed by atoms with Crippen LogP contribution in [0.15, 0.2) is 6.33 Å². The molecule has 1 heterocycles. The maximum absolute atomic E-state index is 5.52. The highest BCUT2D eigenvalue weighted by molar-refractivity contribution is 5.31. The number of nitrogens with zero attached hydrogens (tertiary/aromatic N) is 3. The summed E-state index contributed by atoms with van der Waals surface area (Å²) in [5, 5.41) is 3.40. The van der Waals surface area contributed by atoms with E-state index in [0.717, 1.165) is 11.8 Å². The fraction of sp³-hybridized carbons (Fsp3) is 0.700. The third-order valence-electron chi connectivity index (χ3n) is 3.15. The number of hydrogen-bond acceptors (Lipinski definition) is 5. The van der Waals surface area contributed by atoms with E-state index in [0.29, 0.717) is 12.0 Å². The zero-order valence-corrected chi connectivity index (χ0v) is 8.56. The van der Waals surface area contributed by atoms with Crippen molar-refractivity contribution in [2.45, 2.75) is 31.7 Å². The van der Waals surface area contributed by atoms with Crippen molar-refractivity contribution >= 4 is 11.9 Å². The van der Waals surface area contributed by atoms with Gasteiger partial charge in [0.15, 0.2) is 0 Å². The molecule has 2 fully saturated rings. The van der Waals surface area contributed by atoms with Gasteiger partial charge in [-0.2, -0.15) is 4.98 Å². The first-order valence-corrected chi connectivity index (χ1v) is 5.54. The quantitative estimate of drug-likeness (QED) is 0.768. The summed E-state index contributed by atoms with van der Waals surface area (Å²) in [6, 6.07) is 0.562. The molecule has 0 spiro atoms. The summed E-state index contributed by atoms with van der Waals surface area (Å²) in [4.78, 5) is 11.9. The largest absolute Gasteiger partial charge is 0.368 e. The first-order valence-electron chi connectivity index (χ1n) is 5.54. The van der Waals surface area contributed by atoms with Gasteiger partial charge in [-0.05, 0) is 37.5 Å². The highest BCUT2D eigenvalue weighted by Crippen LogP contribution is 2.45. The van der Waals surface area contributed by atoms with Gasteiger partial charge in [-0.3, -0.25) is 0 Å². The van der Waals surface area contributed by atoms with Crippen LogP contribution in [-0.2, 0) is 0 Å². The minimum absolute atomic E-state index is 0.290. The molecule has 15 heavy (non-hydrogen) atoms. The van der Waals surface area contributed by atoms with Crippen molar-refractivity contribution in [2.24, 2.45) is 11.8 Å². The molecular weight excluding hydrogens is 190 g/mol. The van der Waals surface area contributed by atoms with E-state index in [1.165, 1.54) is 32.0 Å². The van der Waals surface area contributed by atoms with E-state index in [4.69, 9.17) is 5.73 Å². The molecule has 0 aromatic carbocycles. The van der Waals surface area contributed by atoms with Crippen LogP contribution in [0.2, 0.25) is 0 Å². The van der Waals surface area contributed by atoms with Crippen LogP contribution in [0.25, 0.3) is 0 Å². The highest BCUT2D eigenvalue weighted by atomic mass is 15.2. The van der Waals surface area contributed by atoms with Gasteiger partial charge in [0.2, 0.25) is 11.9 Å². The fourth-order valence-corrected chi connectivity index (χ4v) is 2.06. The molecule has 3 N–H and O–H groups in total. The number of hydrogen-bond donors (Lipinski definition) is 2. The summed E-state index contributed by atoms with van der Waals surface area (Å²) in [6.07, 6.45) is 6.83. The van der Waals surface area contributed by atoms with Crippen LogP contribution in [0, 0.1) is 11.8 Å². The van der Waals surface area contributed by atoms with Gasteiger partial charge < -0.3 is 11.1 Å². The Hall–Kier alpha value is -1.39. The third-order valence-corrected chi connectivity index (χ3v) is 3.15. The van der Waals surface area contributed by atoms with Crippen molar-refractivity contribution < 1.29 is 0 Å². The Bertz CT molecular complexity index is 347. The van der Waals surface area contributed by atoms with Crippen LogP contribution in [-0.4, -0.2) is 21.0 Å². The van der Waals surface area contributed by atoms with Crippen molar-refractivity contribution in [3.8, 4) is 0 Å². The van der Waals surface area contributed by atoms with Crippen LogP contribution in [0.5, 0.6) is 0 Å². The molecule has 0 amide bonds. The number of nitrogen functional groups attached to an aromatic ring is 1. The Balaban J connectivity index is 1.71. The summed E-state index contributed by atoms with van der Waals surface area (Å²) in [5.41, 5.74) is 5.52. The summed E-state index contributed by atoms with van der Waals surface area (Å²) >= 11 is 0. The Morgan fingerprint density at radius 1 is 1.20 bits per heavy atom. The molecular formula is C10H15N5. The Morgan fingerprint density at radius 2 is 1.87 bits per heavy atom. The molecule has 2 saturated carbocycles. The molecule has 1 aromatic rings. The Kier molecular flexibility index (Phi) is 1.97. The predicted molar refractivity (Wildman–Crippen MR) is 57.1 cm³/mol. The number of nitrogens with two attached hydrogens (primary N) is 1. The highest BCUT2D eigenvalue weighted by Gasteiger charge is 2.41. The number of nitrogens with one attached hydrogen (secondary N) is 1. The van der Waals surface area contributed by atoms with E-state index in [1.54, 1.807) is 0 Å². The van der Waals surface area contributed by atoms with Gasteiger partial charge in [0, 0.05) is 6.04 Å². The molecule has 5 heteroatoms. The van der Waals surface area contributed by atoms with Crippen molar-refractivity contribution in [3.05, 3.63) is 6.33 Å². The molecule has 0 aliphatic heterocycles. The predicted octanol–water partition coefficient (Wildman–Crippen LogP) is 1.05. The molecule has 2 aliphatic carbocycles. The second kappa shape index (κ2) is 3.32. The molecule has 0 saturated heterocycles. The number of aromatic nitrogens is 3. The van der Waals surface area contributed by atoms with Crippen molar-refractivity contribution in [1.29, 1.82) is 0 Å². The molecule has 2 aliphatic rings. The Morgan fingerprint density at radius 3 is 2.40 bits per heavy atom. The molecule has 3 rings (SSSR count). The van der Waals surface area contributed by atoms with Crippen LogP contribution < -0.4 is 11.1 Å². The fourth-order valence-electron chi connectivity index (χ4n) is 2.06. The van der Waals surface area contributed by atoms with Crippen molar-refractivity contribution in [1.82, 2.24) is 15.0 Å². The van der Waals surface area contributed by atoms with Crippen LogP contribution >= 0.6 is 0 Å². The second-order valence-corrected chi connectivity index (χ2v) is 4.51. The molecule has 5 nitrogen and oxygen atoms in total. The molecule has 1 aromatic heterocycles. The Labute approximate surface area is 88.5 Å². The molecule has 0 radical (unpaired) electrons. The topological polar surface area (TPSA) is 76.7 Å². The lowest BCUT2D eigenvalue weighted by molar-refractivity contribution is 0.563. The number of anilines is 2. The summed E-state index contributed by atoms with van der Waals surface area (Å²) in [6.45, 7) is 0. The zero-order valence-electron chi connectivity index (χ0n) is 8.56. The minimum Gasteiger partial charge on any atom is -0.368 e. The SMILES string of the molecule is Nc1ncnc(NC(C2CC2)C2CC2)n1. The first-order chi connectivity index (χ1) is 7.33. The normalized spacial score (nSPS) is 20.6. The average Bonchev–Trinajstić information content (AvgIpc) is 3.07. The van der Waals surface area contributed by atoms with Crippen LogP contribution in [0.3, 0.4) is 0 Å². The molecule has 80 valence electrons. The van der Waals surface area contributed by atoms with Crippen LogP contribution in [0.1, 0.15) is 25.7 Å². The standard InChI is InChI=1S/C10H15N5/c11-9-12-5-13-10(15-9)14-8(6-1-2-6)7-3-4-7/h5-8H,1-4H2,(H3,11,12,13,14,15). The van der Waals surface area contributed by atoms with Gasteiger partial charge in [-0.25, -0.2) is 9.97 Å². The van der Waals surface area contributed by atoms with E-state index in [-0.39, 0.29) is 5.95 Å². The minimum atomic E-state index is 0.290. The first kappa shape index (κ1) is 8.88.